The van der Waals surface area contributed by atoms with E-state index in [0.717, 1.165) is 53.8 Å². The van der Waals surface area contributed by atoms with Crippen LogP contribution in [-0.2, 0) is 4.74 Å². The second-order valence-electron chi connectivity index (χ2n) is 6.78. The van der Waals surface area contributed by atoms with Crippen LogP contribution < -0.4 is 0 Å². The summed E-state index contributed by atoms with van der Waals surface area (Å²) in [6.07, 6.45) is 3.83. The fourth-order valence-electron chi connectivity index (χ4n) is 3.73. The van der Waals surface area contributed by atoms with Gasteiger partial charge in [0, 0.05) is 36.1 Å². The average Bonchev–Trinajstić information content (AvgIpc) is 2.61. The molecule has 0 aliphatic carbocycles. The van der Waals surface area contributed by atoms with Gasteiger partial charge in [0.15, 0.2) is 0 Å². The average molecular weight is 353 g/mol. The number of halogens is 1. The third-order valence-electron chi connectivity index (χ3n) is 4.95. The first-order valence-corrected chi connectivity index (χ1v) is 9.12. The van der Waals surface area contributed by atoms with Crippen molar-refractivity contribution in [3.63, 3.8) is 0 Å². The first kappa shape index (κ1) is 16.5. The van der Waals surface area contributed by atoms with Gasteiger partial charge in [-0.2, -0.15) is 0 Å². The van der Waals surface area contributed by atoms with E-state index in [-0.39, 0.29) is 0 Å². The highest BCUT2D eigenvalue weighted by Crippen LogP contribution is 2.42. The molecular formula is C21H21ClN2O. The topological polar surface area (TPSA) is 35.0 Å². The van der Waals surface area contributed by atoms with E-state index in [2.05, 4.69) is 42.2 Å². The molecule has 25 heavy (non-hydrogen) atoms. The van der Waals surface area contributed by atoms with E-state index in [4.69, 9.17) is 21.3 Å². The molecule has 0 amide bonds. The number of hydrogen-bond donors (Lipinski definition) is 0. The van der Waals surface area contributed by atoms with Gasteiger partial charge in [-0.25, -0.2) is 4.98 Å². The van der Waals surface area contributed by atoms with Crippen LogP contribution in [0.4, 0.5) is 0 Å². The number of hydrogen-bond acceptors (Lipinski definition) is 3. The van der Waals surface area contributed by atoms with Gasteiger partial charge in [-0.1, -0.05) is 23.7 Å². The van der Waals surface area contributed by atoms with Crippen molar-refractivity contribution in [2.75, 3.05) is 13.2 Å². The molecule has 1 fully saturated rings. The summed E-state index contributed by atoms with van der Waals surface area (Å²) in [5.74, 6) is 0.378. The summed E-state index contributed by atoms with van der Waals surface area (Å²) < 4.78 is 5.56. The van der Waals surface area contributed by atoms with Gasteiger partial charge in [0.1, 0.15) is 5.15 Å². The summed E-state index contributed by atoms with van der Waals surface area (Å²) in [6.45, 7) is 5.66. The van der Waals surface area contributed by atoms with Crippen LogP contribution in [0.25, 0.3) is 22.0 Å². The van der Waals surface area contributed by atoms with Crippen molar-refractivity contribution in [1.82, 2.24) is 9.97 Å². The van der Waals surface area contributed by atoms with E-state index in [9.17, 15) is 0 Å². The minimum absolute atomic E-state index is 0.378. The van der Waals surface area contributed by atoms with Gasteiger partial charge in [0.2, 0.25) is 0 Å². The van der Waals surface area contributed by atoms with Crippen LogP contribution in [0.15, 0.2) is 36.5 Å². The maximum absolute atomic E-state index is 6.72. The Morgan fingerprint density at radius 1 is 1.08 bits per heavy atom. The Morgan fingerprint density at radius 2 is 1.88 bits per heavy atom. The molecule has 4 heteroatoms. The Hall–Kier alpha value is -1.97. The molecular weight excluding hydrogens is 332 g/mol. The summed E-state index contributed by atoms with van der Waals surface area (Å²) in [5.41, 5.74) is 6.66. The number of fused-ring (bicyclic) bond motifs is 1. The zero-order chi connectivity index (χ0) is 17.4. The maximum Gasteiger partial charge on any atom is 0.133 e. The first-order valence-electron chi connectivity index (χ1n) is 8.74. The van der Waals surface area contributed by atoms with Crippen LogP contribution >= 0.6 is 11.6 Å². The van der Waals surface area contributed by atoms with E-state index < -0.39 is 0 Å². The van der Waals surface area contributed by atoms with Crippen LogP contribution in [0.2, 0.25) is 5.15 Å². The lowest BCUT2D eigenvalue weighted by Crippen LogP contribution is -2.16. The van der Waals surface area contributed by atoms with Crippen LogP contribution in [0, 0.1) is 13.8 Å². The molecule has 0 N–H and O–H groups in total. The van der Waals surface area contributed by atoms with Crippen LogP contribution in [0.1, 0.15) is 35.6 Å². The standard InChI is InChI=1S/C21H21ClN2O/c1-13-3-4-17-18(11-13)24-21(22)20(15-6-9-25-10-7-15)19(17)16-5-8-23-14(2)12-16/h3-5,8,11-12,15H,6-7,9-10H2,1-2H3. The molecule has 0 radical (unpaired) electrons. The van der Waals surface area contributed by atoms with E-state index in [1.165, 1.54) is 11.1 Å². The lowest BCUT2D eigenvalue weighted by atomic mass is 9.85. The molecule has 3 nitrogen and oxygen atoms in total. The smallest absolute Gasteiger partial charge is 0.133 e. The van der Waals surface area contributed by atoms with Crippen molar-refractivity contribution in [1.29, 1.82) is 0 Å². The maximum atomic E-state index is 6.72. The Morgan fingerprint density at radius 3 is 2.64 bits per heavy atom. The summed E-state index contributed by atoms with van der Waals surface area (Å²) in [5, 5.41) is 1.77. The fraction of sp³-hybridized carbons (Fsp3) is 0.333. The number of nitrogens with zero attached hydrogens (tertiary/aromatic N) is 2. The molecule has 3 aromatic rings. The summed E-state index contributed by atoms with van der Waals surface area (Å²) in [4.78, 5) is 9.08. The second-order valence-corrected chi connectivity index (χ2v) is 7.14. The molecule has 1 aromatic carbocycles. The molecule has 1 aliphatic heterocycles. The van der Waals surface area contributed by atoms with Gasteiger partial charge >= 0.3 is 0 Å². The third-order valence-corrected chi connectivity index (χ3v) is 5.24. The molecule has 2 aromatic heterocycles. The third kappa shape index (κ3) is 3.14. The number of aromatic nitrogens is 2. The Kier molecular flexibility index (Phi) is 4.45. The zero-order valence-electron chi connectivity index (χ0n) is 14.6. The molecule has 0 unspecified atom stereocenters. The van der Waals surface area contributed by atoms with Crippen molar-refractivity contribution in [3.05, 3.63) is 58.5 Å². The number of rotatable bonds is 2. The molecule has 0 spiro atoms. The number of ether oxygens (including phenoxy) is 1. The Labute approximate surface area is 153 Å². The van der Waals surface area contributed by atoms with Crippen molar-refractivity contribution in [3.8, 4) is 11.1 Å². The van der Waals surface area contributed by atoms with Crippen molar-refractivity contribution >= 4 is 22.5 Å². The predicted molar refractivity (Wildman–Crippen MR) is 102 cm³/mol. The SMILES string of the molecule is Cc1ccc2c(-c3ccnc(C)c3)c(C3CCOCC3)c(Cl)nc2c1. The molecule has 128 valence electrons. The van der Waals surface area contributed by atoms with E-state index >= 15 is 0 Å². The van der Waals surface area contributed by atoms with Gasteiger partial charge in [-0.15, -0.1) is 0 Å². The summed E-state index contributed by atoms with van der Waals surface area (Å²) >= 11 is 6.72. The van der Waals surface area contributed by atoms with E-state index in [1.807, 2.05) is 13.1 Å². The van der Waals surface area contributed by atoms with Crippen molar-refractivity contribution < 1.29 is 4.74 Å². The van der Waals surface area contributed by atoms with E-state index in [0.29, 0.717) is 11.1 Å². The normalized spacial score (nSPS) is 15.6. The number of pyridine rings is 2. The zero-order valence-corrected chi connectivity index (χ0v) is 15.3. The summed E-state index contributed by atoms with van der Waals surface area (Å²) in [7, 11) is 0. The Bertz CT molecular complexity index is 933. The molecule has 3 heterocycles. The van der Waals surface area contributed by atoms with Gasteiger partial charge in [0.05, 0.1) is 5.52 Å². The minimum atomic E-state index is 0.378. The van der Waals surface area contributed by atoms with Gasteiger partial charge in [-0.3, -0.25) is 4.98 Å². The molecule has 0 saturated carbocycles. The van der Waals surface area contributed by atoms with Crippen LogP contribution in [0.3, 0.4) is 0 Å². The van der Waals surface area contributed by atoms with Gasteiger partial charge in [-0.05, 0) is 67.5 Å². The van der Waals surface area contributed by atoms with Crippen molar-refractivity contribution in [2.24, 2.45) is 0 Å². The fourth-order valence-corrected chi connectivity index (χ4v) is 4.07. The predicted octanol–water partition coefficient (Wildman–Crippen LogP) is 5.46. The van der Waals surface area contributed by atoms with Gasteiger partial charge < -0.3 is 4.74 Å². The molecule has 0 atom stereocenters. The molecule has 0 bridgehead atoms. The largest absolute Gasteiger partial charge is 0.381 e. The second kappa shape index (κ2) is 6.74. The molecule has 1 aliphatic rings. The highest BCUT2D eigenvalue weighted by molar-refractivity contribution is 6.31. The quantitative estimate of drug-likeness (QED) is 0.574. The number of benzene rings is 1. The highest BCUT2D eigenvalue weighted by atomic mass is 35.5. The molecule has 1 saturated heterocycles. The Balaban J connectivity index is 2.03. The highest BCUT2D eigenvalue weighted by Gasteiger charge is 2.25. The van der Waals surface area contributed by atoms with Gasteiger partial charge in [0.25, 0.3) is 0 Å². The first-order chi connectivity index (χ1) is 12.1. The molecule has 4 rings (SSSR count). The number of aryl methyl sites for hydroxylation is 2. The lowest BCUT2D eigenvalue weighted by molar-refractivity contribution is 0.0854. The van der Waals surface area contributed by atoms with Crippen LogP contribution in [-0.4, -0.2) is 23.2 Å². The summed E-state index contributed by atoms with van der Waals surface area (Å²) in [6, 6.07) is 10.6. The van der Waals surface area contributed by atoms with Crippen LogP contribution in [0.5, 0.6) is 0 Å². The van der Waals surface area contributed by atoms with E-state index in [1.54, 1.807) is 0 Å². The monoisotopic (exact) mass is 352 g/mol. The lowest BCUT2D eigenvalue weighted by Gasteiger charge is -2.26. The van der Waals surface area contributed by atoms with Crippen molar-refractivity contribution in [2.45, 2.75) is 32.6 Å². The minimum Gasteiger partial charge on any atom is -0.381 e.